The normalized spacial score (nSPS) is 21.2. The number of aryl methyl sites for hydroxylation is 1. The second kappa shape index (κ2) is 6.38. The van der Waals surface area contributed by atoms with E-state index in [-0.39, 0.29) is 5.54 Å². The summed E-state index contributed by atoms with van der Waals surface area (Å²) in [6.07, 6.45) is 3.54. The molecule has 3 aromatic carbocycles. The summed E-state index contributed by atoms with van der Waals surface area (Å²) in [5.74, 6) is 0. The molecule has 0 N–H and O–H groups in total. The summed E-state index contributed by atoms with van der Waals surface area (Å²) in [7, 11) is 0. The van der Waals surface area contributed by atoms with E-state index in [0.29, 0.717) is 0 Å². The average Bonchev–Trinajstić information content (AvgIpc) is 2.74. The lowest BCUT2D eigenvalue weighted by molar-refractivity contribution is 0.403. The minimum Gasteiger partial charge on any atom is -0.354 e. The zero-order chi connectivity index (χ0) is 18.3. The summed E-state index contributed by atoms with van der Waals surface area (Å²) in [4.78, 5) is 7.89. The lowest BCUT2D eigenvalue weighted by Gasteiger charge is -2.52. The highest BCUT2D eigenvalue weighted by atomic mass is 15.3. The number of anilines is 1. The van der Waals surface area contributed by atoms with Crippen LogP contribution < -0.4 is 4.90 Å². The number of piperidine rings is 1. The molecule has 0 spiro atoms. The number of rotatable bonds is 2. The summed E-state index contributed by atoms with van der Waals surface area (Å²) in [6, 6.07) is 28.4. The Morgan fingerprint density at radius 1 is 0.852 bits per heavy atom. The maximum absolute atomic E-state index is 5.26. The molecule has 0 amide bonds. The molecular formula is C25H24N2. The minimum atomic E-state index is -0.193. The Kier molecular flexibility index (Phi) is 3.86. The van der Waals surface area contributed by atoms with E-state index in [2.05, 4.69) is 90.7 Å². The third kappa shape index (κ3) is 2.51. The standard InChI is InChI=1S/C25H24N2/c1-19-14-15-22-23(18-19)27-17-9-8-16-25(27,21-12-6-3-7-13-21)24(26-22)20-10-4-2-5-11-20/h2-7,10-15,18H,8-9,16-17H2,1H3. The zero-order valence-electron chi connectivity index (χ0n) is 15.7. The van der Waals surface area contributed by atoms with E-state index >= 15 is 0 Å². The van der Waals surface area contributed by atoms with Crippen molar-refractivity contribution in [3.63, 3.8) is 0 Å². The molecule has 0 saturated carbocycles. The van der Waals surface area contributed by atoms with Gasteiger partial charge in [0.05, 0.1) is 17.1 Å². The van der Waals surface area contributed by atoms with Crippen molar-refractivity contribution in [1.82, 2.24) is 0 Å². The van der Waals surface area contributed by atoms with E-state index in [1.807, 2.05) is 0 Å². The van der Waals surface area contributed by atoms with Crippen molar-refractivity contribution in [2.45, 2.75) is 31.7 Å². The fourth-order valence-electron chi connectivity index (χ4n) is 4.76. The smallest absolute Gasteiger partial charge is 0.108 e. The first-order chi connectivity index (χ1) is 13.3. The first-order valence-corrected chi connectivity index (χ1v) is 9.87. The molecule has 134 valence electrons. The molecule has 1 saturated heterocycles. The average molecular weight is 352 g/mol. The van der Waals surface area contributed by atoms with Crippen LogP contribution in [0.2, 0.25) is 0 Å². The Morgan fingerprint density at radius 3 is 2.37 bits per heavy atom. The summed E-state index contributed by atoms with van der Waals surface area (Å²) in [5.41, 5.74) is 7.22. The van der Waals surface area contributed by atoms with Gasteiger partial charge in [-0.15, -0.1) is 0 Å². The van der Waals surface area contributed by atoms with Crippen LogP contribution in [0.4, 0.5) is 11.4 Å². The van der Waals surface area contributed by atoms with Crippen molar-refractivity contribution in [3.8, 4) is 0 Å². The van der Waals surface area contributed by atoms with Crippen LogP contribution in [0.5, 0.6) is 0 Å². The highest BCUT2D eigenvalue weighted by Crippen LogP contribution is 2.50. The van der Waals surface area contributed by atoms with Crippen molar-refractivity contribution < 1.29 is 0 Å². The molecule has 5 rings (SSSR count). The van der Waals surface area contributed by atoms with Crippen LogP contribution in [0.3, 0.4) is 0 Å². The van der Waals surface area contributed by atoms with Crippen LogP contribution in [-0.2, 0) is 5.54 Å². The highest BCUT2D eigenvalue weighted by molar-refractivity contribution is 6.13. The molecule has 2 aliphatic heterocycles. The molecule has 1 unspecified atom stereocenters. The molecule has 0 aromatic heterocycles. The van der Waals surface area contributed by atoms with Crippen LogP contribution in [0.15, 0.2) is 83.9 Å². The van der Waals surface area contributed by atoms with Crippen LogP contribution in [0, 0.1) is 6.92 Å². The molecule has 3 aromatic rings. The van der Waals surface area contributed by atoms with E-state index in [4.69, 9.17) is 4.99 Å². The fraction of sp³-hybridized carbons (Fsp3) is 0.240. The van der Waals surface area contributed by atoms with E-state index < -0.39 is 0 Å². The summed E-state index contributed by atoms with van der Waals surface area (Å²) < 4.78 is 0. The summed E-state index contributed by atoms with van der Waals surface area (Å²) in [6.45, 7) is 3.24. The fourth-order valence-corrected chi connectivity index (χ4v) is 4.76. The van der Waals surface area contributed by atoms with E-state index in [9.17, 15) is 0 Å². The van der Waals surface area contributed by atoms with Gasteiger partial charge in [-0.1, -0.05) is 66.7 Å². The zero-order valence-corrected chi connectivity index (χ0v) is 15.7. The van der Waals surface area contributed by atoms with E-state index in [0.717, 1.165) is 18.7 Å². The van der Waals surface area contributed by atoms with Gasteiger partial charge in [-0.2, -0.15) is 0 Å². The molecule has 0 radical (unpaired) electrons. The van der Waals surface area contributed by atoms with Crippen LogP contribution in [-0.4, -0.2) is 12.3 Å². The molecule has 2 aliphatic rings. The Morgan fingerprint density at radius 2 is 1.59 bits per heavy atom. The molecule has 2 heteroatoms. The molecular weight excluding hydrogens is 328 g/mol. The Bertz CT molecular complexity index is 991. The van der Waals surface area contributed by atoms with Gasteiger partial charge in [0.15, 0.2) is 0 Å². The number of nitrogens with zero attached hydrogens (tertiary/aromatic N) is 2. The SMILES string of the molecule is Cc1ccc2c(c1)N1CCCCC1(c1ccccc1)C(c1ccccc1)=N2. The van der Waals surface area contributed by atoms with Crippen LogP contribution in [0.1, 0.15) is 36.0 Å². The Labute approximate surface area is 161 Å². The van der Waals surface area contributed by atoms with E-state index in [1.54, 1.807) is 0 Å². The van der Waals surface area contributed by atoms with Crippen molar-refractivity contribution in [1.29, 1.82) is 0 Å². The molecule has 1 atom stereocenters. The van der Waals surface area contributed by atoms with Crippen molar-refractivity contribution in [3.05, 3.63) is 95.6 Å². The lowest BCUT2D eigenvalue weighted by atomic mass is 9.73. The van der Waals surface area contributed by atoms with Gasteiger partial charge < -0.3 is 4.90 Å². The monoisotopic (exact) mass is 352 g/mol. The maximum Gasteiger partial charge on any atom is 0.108 e. The predicted molar refractivity (Wildman–Crippen MR) is 113 cm³/mol. The quantitative estimate of drug-likeness (QED) is 0.551. The lowest BCUT2D eigenvalue weighted by Crippen LogP contribution is -2.56. The van der Waals surface area contributed by atoms with Gasteiger partial charge in [-0.25, -0.2) is 4.99 Å². The number of benzene rings is 3. The number of aliphatic imine (C=N–C) groups is 1. The largest absolute Gasteiger partial charge is 0.354 e. The van der Waals surface area contributed by atoms with Crippen molar-refractivity contribution >= 4 is 17.1 Å². The maximum atomic E-state index is 5.26. The second-order valence-corrected chi connectivity index (χ2v) is 7.65. The number of hydrogen-bond donors (Lipinski definition) is 0. The molecule has 27 heavy (non-hydrogen) atoms. The minimum absolute atomic E-state index is 0.193. The molecule has 2 nitrogen and oxygen atoms in total. The molecule has 2 heterocycles. The number of fused-ring (bicyclic) bond motifs is 3. The summed E-state index contributed by atoms with van der Waals surface area (Å²) in [5, 5.41) is 0. The summed E-state index contributed by atoms with van der Waals surface area (Å²) >= 11 is 0. The van der Waals surface area contributed by atoms with Gasteiger partial charge in [0.1, 0.15) is 5.54 Å². The van der Waals surface area contributed by atoms with Crippen LogP contribution in [0.25, 0.3) is 0 Å². The Balaban J connectivity index is 1.83. The van der Waals surface area contributed by atoms with Gasteiger partial charge in [0.2, 0.25) is 0 Å². The first kappa shape index (κ1) is 16.3. The first-order valence-electron chi connectivity index (χ1n) is 9.87. The third-order valence-electron chi connectivity index (χ3n) is 5.98. The van der Waals surface area contributed by atoms with Crippen molar-refractivity contribution in [2.75, 3.05) is 11.4 Å². The topological polar surface area (TPSA) is 15.6 Å². The van der Waals surface area contributed by atoms with Gasteiger partial charge in [0, 0.05) is 6.54 Å². The second-order valence-electron chi connectivity index (χ2n) is 7.65. The van der Waals surface area contributed by atoms with Gasteiger partial charge >= 0.3 is 0 Å². The van der Waals surface area contributed by atoms with E-state index in [1.165, 1.54) is 40.9 Å². The number of hydrogen-bond acceptors (Lipinski definition) is 2. The molecule has 0 aliphatic carbocycles. The van der Waals surface area contributed by atoms with Crippen LogP contribution >= 0.6 is 0 Å². The van der Waals surface area contributed by atoms with Crippen molar-refractivity contribution in [2.24, 2.45) is 4.99 Å². The molecule has 0 bridgehead atoms. The predicted octanol–water partition coefficient (Wildman–Crippen LogP) is 6.02. The Hall–Kier alpha value is -2.87. The highest BCUT2D eigenvalue weighted by Gasteiger charge is 2.48. The molecule has 1 fully saturated rings. The van der Waals surface area contributed by atoms with Gasteiger partial charge in [0.25, 0.3) is 0 Å². The third-order valence-corrected chi connectivity index (χ3v) is 5.98. The van der Waals surface area contributed by atoms with Gasteiger partial charge in [-0.3, -0.25) is 0 Å². The van der Waals surface area contributed by atoms with Gasteiger partial charge in [-0.05, 0) is 55.0 Å².